The smallest absolute Gasteiger partial charge is 0.316 e. The lowest BCUT2D eigenvalue weighted by molar-refractivity contribution is -0.193. The van der Waals surface area contributed by atoms with Gasteiger partial charge in [-0.15, -0.1) is 18.3 Å². The molecule has 5 nitrogen and oxygen atoms in total. The van der Waals surface area contributed by atoms with E-state index in [4.69, 9.17) is 4.74 Å². The van der Waals surface area contributed by atoms with Gasteiger partial charge in [0, 0.05) is 35.0 Å². The molecule has 32 heavy (non-hydrogen) atoms. The van der Waals surface area contributed by atoms with Crippen LogP contribution in [0.3, 0.4) is 0 Å². The van der Waals surface area contributed by atoms with E-state index in [9.17, 15) is 14.7 Å². The van der Waals surface area contributed by atoms with E-state index < -0.39 is 23.0 Å². The highest BCUT2D eigenvalue weighted by Crippen LogP contribution is 2.66. The number of piperidine rings is 1. The first-order chi connectivity index (χ1) is 15.2. The number of esters is 1. The molecule has 0 spiro atoms. The highest BCUT2D eigenvalue weighted by molar-refractivity contribution is 8.00. The summed E-state index contributed by atoms with van der Waals surface area (Å²) in [6.45, 7) is 12.4. The summed E-state index contributed by atoms with van der Waals surface area (Å²) in [6, 6.07) is 0. The standard InChI is InChI=1S/C26H41NO4S/c1-5-24(3)14-20(31-21(29)16-32-18-8-6-13-27-15-18)25(4)10-7-11-26(17(2)23(24)30)12-9-19(28)22(25)26/h5,17-18,20,22-23,27,30H,1,6-16H2,2-4H3/t17-,18-,20+,22?,23?,24+,25-,26?/m0/s1. The van der Waals surface area contributed by atoms with Crippen molar-refractivity contribution in [2.24, 2.45) is 28.1 Å². The number of aliphatic hydroxyl groups excluding tert-OH is 1. The summed E-state index contributed by atoms with van der Waals surface area (Å²) in [5.41, 5.74) is -1.16. The lowest BCUT2D eigenvalue weighted by atomic mass is 9.46. The molecular weight excluding hydrogens is 422 g/mol. The summed E-state index contributed by atoms with van der Waals surface area (Å²) in [4.78, 5) is 26.3. The van der Waals surface area contributed by atoms with E-state index in [0.717, 1.165) is 51.6 Å². The average molecular weight is 464 g/mol. The largest absolute Gasteiger partial charge is 0.461 e. The molecule has 0 aromatic heterocycles. The van der Waals surface area contributed by atoms with Crippen LogP contribution >= 0.6 is 11.8 Å². The van der Waals surface area contributed by atoms with Crippen LogP contribution in [0.5, 0.6) is 0 Å². The molecule has 4 fully saturated rings. The highest BCUT2D eigenvalue weighted by atomic mass is 32.2. The Labute approximate surface area is 197 Å². The first-order valence-corrected chi connectivity index (χ1v) is 13.6. The molecule has 4 rings (SSSR count). The van der Waals surface area contributed by atoms with Crippen molar-refractivity contribution < 1.29 is 19.4 Å². The molecule has 3 saturated carbocycles. The number of thioether (sulfide) groups is 1. The fourth-order valence-electron chi connectivity index (χ4n) is 7.63. The molecule has 2 bridgehead atoms. The maximum Gasteiger partial charge on any atom is 0.316 e. The van der Waals surface area contributed by atoms with Crippen LogP contribution in [0.1, 0.15) is 72.1 Å². The molecule has 3 unspecified atom stereocenters. The predicted octanol–water partition coefficient (Wildman–Crippen LogP) is 4.13. The van der Waals surface area contributed by atoms with Crippen molar-refractivity contribution in [3.8, 4) is 0 Å². The SMILES string of the molecule is C=C[C@]1(C)C[C@@H](OC(=O)CS[C@H]2CCCNC2)[C@]2(C)CCCC3(CCC(=O)C32)[C@@H](C)C1O. The Morgan fingerprint density at radius 1 is 1.31 bits per heavy atom. The van der Waals surface area contributed by atoms with Crippen molar-refractivity contribution in [3.05, 3.63) is 12.7 Å². The second-order valence-corrected chi connectivity index (χ2v) is 12.7. The first-order valence-electron chi connectivity index (χ1n) is 12.5. The lowest BCUT2D eigenvalue weighted by Crippen LogP contribution is -2.60. The van der Waals surface area contributed by atoms with Gasteiger partial charge in [0.15, 0.2) is 0 Å². The van der Waals surface area contributed by atoms with Crippen LogP contribution in [0.15, 0.2) is 12.7 Å². The molecule has 6 heteroatoms. The van der Waals surface area contributed by atoms with Crippen LogP contribution in [0.2, 0.25) is 0 Å². The summed E-state index contributed by atoms with van der Waals surface area (Å²) in [5, 5.41) is 15.4. The van der Waals surface area contributed by atoms with Gasteiger partial charge in [0.25, 0.3) is 0 Å². The number of nitrogens with one attached hydrogen (secondary N) is 1. The average Bonchev–Trinajstić information content (AvgIpc) is 3.15. The van der Waals surface area contributed by atoms with Gasteiger partial charge < -0.3 is 15.2 Å². The number of carbonyl (C=O) groups excluding carboxylic acids is 2. The van der Waals surface area contributed by atoms with Gasteiger partial charge in [0.1, 0.15) is 11.9 Å². The summed E-state index contributed by atoms with van der Waals surface area (Å²) in [5.74, 6) is 0.315. The summed E-state index contributed by atoms with van der Waals surface area (Å²) >= 11 is 1.68. The number of Topliss-reactive ketones (excluding diaryl/α,β-unsaturated/α-hetero) is 1. The van der Waals surface area contributed by atoms with Gasteiger partial charge in [0.2, 0.25) is 0 Å². The molecule has 0 aromatic rings. The van der Waals surface area contributed by atoms with E-state index >= 15 is 0 Å². The third-order valence-electron chi connectivity index (χ3n) is 9.60. The maximum absolute atomic E-state index is 13.3. The quantitative estimate of drug-likeness (QED) is 0.472. The van der Waals surface area contributed by atoms with Gasteiger partial charge in [-0.25, -0.2) is 0 Å². The Morgan fingerprint density at radius 2 is 2.09 bits per heavy atom. The first kappa shape index (κ1) is 24.3. The van der Waals surface area contributed by atoms with Gasteiger partial charge >= 0.3 is 5.97 Å². The Morgan fingerprint density at radius 3 is 2.78 bits per heavy atom. The molecule has 4 aliphatic rings. The summed E-state index contributed by atoms with van der Waals surface area (Å²) in [7, 11) is 0. The van der Waals surface area contributed by atoms with Gasteiger partial charge in [-0.1, -0.05) is 33.3 Å². The van der Waals surface area contributed by atoms with E-state index in [1.807, 2.05) is 13.0 Å². The minimum Gasteiger partial charge on any atom is -0.461 e. The van der Waals surface area contributed by atoms with Crippen LogP contribution in [0, 0.1) is 28.1 Å². The van der Waals surface area contributed by atoms with Crippen LogP contribution in [-0.4, -0.2) is 53.2 Å². The summed E-state index contributed by atoms with van der Waals surface area (Å²) in [6.07, 6.45) is 7.92. The molecule has 1 heterocycles. The monoisotopic (exact) mass is 463 g/mol. The van der Waals surface area contributed by atoms with Crippen molar-refractivity contribution in [2.45, 2.75) is 89.6 Å². The molecule has 2 N–H and O–H groups in total. The predicted molar refractivity (Wildman–Crippen MR) is 128 cm³/mol. The van der Waals surface area contributed by atoms with Crippen molar-refractivity contribution in [1.82, 2.24) is 5.32 Å². The van der Waals surface area contributed by atoms with Crippen molar-refractivity contribution in [3.63, 3.8) is 0 Å². The van der Waals surface area contributed by atoms with Crippen molar-refractivity contribution in [1.29, 1.82) is 0 Å². The number of rotatable bonds is 5. The van der Waals surface area contributed by atoms with Gasteiger partial charge in [-0.2, -0.15) is 0 Å². The van der Waals surface area contributed by atoms with Crippen molar-refractivity contribution >= 4 is 23.5 Å². The molecule has 0 radical (unpaired) electrons. The van der Waals surface area contributed by atoms with Crippen LogP contribution < -0.4 is 5.32 Å². The Kier molecular flexibility index (Phi) is 6.88. The minimum atomic E-state index is -0.611. The molecule has 0 aromatic carbocycles. The molecule has 180 valence electrons. The number of hydrogen-bond donors (Lipinski definition) is 2. The summed E-state index contributed by atoms with van der Waals surface area (Å²) < 4.78 is 6.25. The topological polar surface area (TPSA) is 75.6 Å². The van der Waals surface area contributed by atoms with Gasteiger partial charge in [-0.3, -0.25) is 9.59 Å². The Hall–Kier alpha value is -0.850. The normalized spacial score (nSPS) is 46.6. The number of aliphatic hydroxyl groups is 1. The molecule has 1 aliphatic heterocycles. The van der Waals surface area contributed by atoms with Crippen LogP contribution in [0.4, 0.5) is 0 Å². The maximum atomic E-state index is 13.3. The molecule has 3 aliphatic carbocycles. The van der Waals surface area contributed by atoms with Gasteiger partial charge in [-0.05, 0) is 56.4 Å². The molecule has 0 amide bonds. The highest BCUT2D eigenvalue weighted by Gasteiger charge is 2.66. The van der Waals surface area contributed by atoms with E-state index in [1.165, 1.54) is 0 Å². The van der Waals surface area contributed by atoms with Crippen LogP contribution in [0.25, 0.3) is 0 Å². The van der Waals surface area contributed by atoms with E-state index in [0.29, 0.717) is 29.6 Å². The van der Waals surface area contributed by atoms with Crippen molar-refractivity contribution in [2.75, 3.05) is 18.8 Å². The number of ketones is 1. The second kappa shape index (κ2) is 9.07. The fourth-order valence-corrected chi connectivity index (χ4v) is 8.64. The third-order valence-corrected chi connectivity index (χ3v) is 10.9. The third kappa shape index (κ3) is 3.98. The van der Waals surface area contributed by atoms with E-state index in [-0.39, 0.29) is 23.2 Å². The van der Waals surface area contributed by atoms with Gasteiger partial charge in [0.05, 0.1) is 11.9 Å². The zero-order chi connectivity index (χ0) is 23.1. The van der Waals surface area contributed by atoms with E-state index in [1.54, 1.807) is 11.8 Å². The molecule has 8 atom stereocenters. The van der Waals surface area contributed by atoms with E-state index in [2.05, 4.69) is 25.7 Å². The second-order valence-electron chi connectivity index (χ2n) is 11.4. The number of carbonyl (C=O) groups is 2. The molecular formula is C26H41NO4S. The van der Waals surface area contributed by atoms with Crippen LogP contribution in [-0.2, 0) is 14.3 Å². The zero-order valence-electron chi connectivity index (χ0n) is 20.0. The zero-order valence-corrected chi connectivity index (χ0v) is 20.8. The molecule has 1 saturated heterocycles. The number of hydrogen-bond acceptors (Lipinski definition) is 6. The fraction of sp³-hybridized carbons (Fsp3) is 0.846. The minimum absolute atomic E-state index is 0.00702. The Bertz CT molecular complexity index is 752. The Balaban J connectivity index is 1.61. The number of ether oxygens (including phenoxy) is 1. The lowest BCUT2D eigenvalue weighted by Gasteiger charge is -2.59.